The average Bonchev–Trinajstić information content (AvgIpc) is 2.85. The van der Waals surface area contributed by atoms with Gasteiger partial charge >= 0.3 is 0 Å². The number of benzene rings is 2. The topological polar surface area (TPSA) is 67.9 Å². The van der Waals surface area contributed by atoms with Gasteiger partial charge in [-0.1, -0.05) is 50.6 Å². The predicted molar refractivity (Wildman–Crippen MR) is 141 cm³/mol. The Hall–Kier alpha value is -3.02. The first-order valence-corrected chi connectivity index (χ1v) is 12.9. The van der Waals surface area contributed by atoms with Crippen LogP contribution in [0.15, 0.2) is 42.5 Å². The van der Waals surface area contributed by atoms with Crippen LogP contribution in [0, 0.1) is 6.92 Å². The van der Waals surface area contributed by atoms with E-state index < -0.39 is 6.04 Å². The van der Waals surface area contributed by atoms with Gasteiger partial charge in [0, 0.05) is 19.5 Å². The smallest absolute Gasteiger partial charge is 0.242 e. The monoisotopic (exact) mass is 482 g/mol. The van der Waals surface area contributed by atoms with Crippen LogP contribution in [0.5, 0.6) is 11.5 Å². The number of ether oxygens (including phenoxy) is 2. The molecule has 6 nitrogen and oxygen atoms in total. The third kappa shape index (κ3) is 8.61. The third-order valence-corrected chi connectivity index (χ3v) is 6.05. The number of nitrogens with zero attached hydrogens (tertiary/aromatic N) is 1. The van der Waals surface area contributed by atoms with E-state index in [0.717, 1.165) is 29.5 Å². The van der Waals surface area contributed by atoms with Crippen LogP contribution >= 0.6 is 0 Å². The maximum atomic E-state index is 13.5. The zero-order valence-electron chi connectivity index (χ0n) is 22.1. The molecule has 2 aromatic carbocycles. The summed E-state index contributed by atoms with van der Waals surface area (Å²) < 4.78 is 11.4. The minimum absolute atomic E-state index is 0.0300. The number of hydrogen-bond acceptors (Lipinski definition) is 4. The van der Waals surface area contributed by atoms with Crippen LogP contribution in [0.3, 0.4) is 0 Å². The van der Waals surface area contributed by atoms with Crippen molar-refractivity contribution in [1.82, 2.24) is 10.2 Å². The van der Waals surface area contributed by atoms with Gasteiger partial charge in [-0.3, -0.25) is 9.59 Å². The zero-order valence-corrected chi connectivity index (χ0v) is 22.1. The highest BCUT2D eigenvalue weighted by Crippen LogP contribution is 2.29. The van der Waals surface area contributed by atoms with Gasteiger partial charge in [-0.2, -0.15) is 0 Å². The Morgan fingerprint density at radius 2 is 1.69 bits per heavy atom. The zero-order chi connectivity index (χ0) is 25.6. The number of amides is 2. The Kier molecular flexibility index (Phi) is 12.2. The molecule has 1 atom stereocenters. The fourth-order valence-corrected chi connectivity index (χ4v) is 4.04. The molecule has 0 aromatic heterocycles. The van der Waals surface area contributed by atoms with Crippen molar-refractivity contribution in [2.75, 3.05) is 19.8 Å². The Morgan fingerprint density at radius 1 is 0.971 bits per heavy atom. The molecule has 0 radical (unpaired) electrons. The van der Waals surface area contributed by atoms with Crippen molar-refractivity contribution < 1.29 is 19.1 Å². The first kappa shape index (κ1) is 28.2. The summed E-state index contributed by atoms with van der Waals surface area (Å²) in [6, 6.07) is 13.3. The lowest BCUT2D eigenvalue weighted by Crippen LogP contribution is -2.49. The van der Waals surface area contributed by atoms with Gasteiger partial charge in [0.25, 0.3) is 0 Å². The molecule has 35 heavy (non-hydrogen) atoms. The van der Waals surface area contributed by atoms with Gasteiger partial charge in [-0.25, -0.2) is 0 Å². The molecule has 0 aliphatic rings. The summed E-state index contributed by atoms with van der Waals surface area (Å²) in [6.07, 6.45) is 3.36. The van der Waals surface area contributed by atoms with Gasteiger partial charge in [-0.15, -0.1) is 0 Å². The lowest BCUT2D eigenvalue weighted by atomic mass is 10.0. The molecule has 1 unspecified atom stereocenters. The van der Waals surface area contributed by atoms with E-state index in [9.17, 15) is 9.59 Å². The molecule has 0 heterocycles. The minimum atomic E-state index is -0.502. The number of nitrogens with one attached hydrogen (secondary N) is 1. The van der Waals surface area contributed by atoms with Crippen molar-refractivity contribution >= 4 is 11.8 Å². The fourth-order valence-electron chi connectivity index (χ4n) is 4.04. The van der Waals surface area contributed by atoms with Crippen molar-refractivity contribution in [3.05, 3.63) is 59.2 Å². The molecule has 0 saturated heterocycles. The first-order valence-electron chi connectivity index (χ1n) is 12.9. The molecule has 0 fully saturated rings. The van der Waals surface area contributed by atoms with Crippen LogP contribution in [0.4, 0.5) is 0 Å². The molecular formula is C29H42N2O4. The van der Waals surface area contributed by atoms with E-state index in [1.54, 1.807) is 4.90 Å². The molecule has 0 aliphatic carbocycles. The second-order valence-corrected chi connectivity index (χ2v) is 8.66. The first-order chi connectivity index (χ1) is 16.9. The molecule has 192 valence electrons. The Morgan fingerprint density at radius 3 is 2.34 bits per heavy atom. The lowest BCUT2D eigenvalue weighted by molar-refractivity contribution is -0.141. The Labute approximate surface area is 211 Å². The average molecular weight is 483 g/mol. The summed E-state index contributed by atoms with van der Waals surface area (Å²) in [6.45, 7) is 12.1. The summed E-state index contributed by atoms with van der Waals surface area (Å²) in [5, 5.41) is 3.02. The van der Waals surface area contributed by atoms with Gasteiger partial charge in [-0.05, 0) is 68.9 Å². The van der Waals surface area contributed by atoms with Crippen molar-refractivity contribution in [2.24, 2.45) is 0 Å². The van der Waals surface area contributed by atoms with Crippen molar-refractivity contribution in [3.8, 4) is 11.5 Å². The lowest BCUT2D eigenvalue weighted by Gasteiger charge is -2.31. The van der Waals surface area contributed by atoms with Gasteiger partial charge in [0.15, 0.2) is 11.5 Å². The number of carbonyl (C=O) groups excluding carboxylic acids is 2. The van der Waals surface area contributed by atoms with Gasteiger partial charge in [0.05, 0.1) is 13.2 Å². The Balaban J connectivity index is 2.21. The minimum Gasteiger partial charge on any atom is -0.490 e. The van der Waals surface area contributed by atoms with E-state index in [2.05, 4.69) is 12.2 Å². The summed E-state index contributed by atoms with van der Waals surface area (Å²) in [7, 11) is 0. The molecule has 1 N–H and O–H groups in total. The molecule has 0 aliphatic heterocycles. The third-order valence-electron chi connectivity index (χ3n) is 6.05. The molecular weight excluding hydrogens is 440 g/mol. The van der Waals surface area contributed by atoms with E-state index in [-0.39, 0.29) is 11.8 Å². The maximum Gasteiger partial charge on any atom is 0.242 e. The van der Waals surface area contributed by atoms with Crippen LogP contribution in [-0.4, -0.2) is 42.5 Å². The van der Waals surface area contributed by atoms with E-state index >= 15 is 0 Å². The van der Waals surface area contributed by atoms with Crippen LogP contribution in [-0.2, 0) is 22.6 Å². The molecule has 2 rings (SSSR count). The van der Waals surface area contributed by atoms with E-state index in [1.807, 2.05) is 70.2 Å². The number of hydrogen-bond donors (Lipinski definition) is 1. The van der Waals surface area contributed by atoms with Crippen molar-refractivity contribution in [2.45, 2.75) is 79.3 Å². The normalized spacial score (nSPS) is 11.6. The molecule has 0 saturated carbocycles. The number of unbranched alkanes of at least 4 members (excludes halogenated alkanes) is 1. The predicted octanol–water partition coefficient (Wildman–Crippen LogP) is 5.45. The number of carbonyl (C=O) groups is 2. The fraction of sp³-hybridized carbons (Fsp3) is 0.517. The summed E-state index contributed by atoms with van der Waals surface area (Å²) in [5.41, 5.74) is 3.17. The summed E-state index contributed by atoms with van der Waals surface area (Å²) >= 11 is 0. The highest BCUT2D eigenvalue weighted by atomic mass is 16.5. The summed E-state index contributed by atoms with van der Waals surface area (Å²) in [4.78, 5) is 28.3. The SMILES string of the molecule is CCCCNC(=O)C(CC)N(Cc1ccccc1C)C(=O)CCc1ccc(OCC)c(OCC)c1. The van der Waals surface area contributed by atoms with Gasteiger partial charge in [0.1, 0.15) is 6.04 Å². The molecule has 0 bridgehead atoms. The highest BCUT2D eigenvalue weighted by Gasteiger charge is 2.28. The van der Waals surface area contributed by atoms with Crippen molar-refractivity contribution in [1.29, 1.82) is 0 Å². The molecule has 2 amide bonds. The molecule has 6 heteroatoms. The van der Waals surface area contributed by atoms with E-state index in [0.29, 0.717) is 57.1 Å². The molecule has 0 spiro atoms. The standard InChI is InChI=1S/C29H42N2O4/c1-6-10-19-30-29(33)25(7-2)31(21-24-14-12-11-13-22(24)5)28(32)18-16-23-15-17-26(34-8-3)27(20-23)35-9-4/h11-15,17,20,25H,6-10,16,18-19,21H2,1-5H3,(H,30,33). The second-order valence-electron chi connectivity index (χ2n) is 8.66. The van der Waals surface area contributed by atoms with Crippen LogP contribution in [0.25, 0.3) is 0 Å². The van der Waals surface area contributed by atoms with Crippen molar-refractivity contribution in [3.63, 3.8) is 0 Å². The maximum absolute atomic E-state index is 13.5. The quantitative estimate of drug-likeness (QED) is 0.343. The second kappa shape index (κ2) is 15.1. The largest absolute Gasteiger partial charge is 0.490 e. The van der Waals surface area contributed by atoms with Crippen LogP contribution < -0.4 is 14.8 Å². The highest BCUT2D eigenvalue weighted by molar-refractivity contribution is 5.87. The van der Waals surface area contributed by atoms with Crippen LogP contribution in [0.1, 0.15) is 70.1 Å². The van der Waals surface area contributed by atoms with E-state index in [1.165, 1.54) is 0 Å². The van der Waals surface area contributed by atoms with Gasteiger partial charge in [0.2, 0.25) is 11.8 Å². The Bertz CT molecular complexity index is 944. The number of rotatable bonds is 15. The van der Waals surface area contributed by atoms with E-state index in [4.69, 9.17) is 9.47 Å². The van der Waals surface area contributed by atoms with Crippen LogP contribution in [0.2, 0.25) is 0 Å². The molecule has 2 aromatic rings. The number of aryl methyl sites for hydroxylation is 2. The summed E-state index contributed by atoms with van der Waals surface area (Å²) in [5.74, 6) is 1.29. The van der Waals surface area contributed by atoms with Gasteiger partial charge < -0.3 is 19.7 Å².